The summed E-state index contributed by atoms with van der Waals surface area (Å²) in [6, 6.07) is 18.0. The van der Waals surface area contributed by atoms with Gasteiger partial charge in [0.25, 0.3) is 0 Å². The van der Waals surface area contributed by atoms with Gasteiger partial charge in [0.15, 0.2) is 0 Å². The first kappa shape index (κ1) is 14.8. The predicted molar refractivity (Wildman–Crippen MR) is 91.2 cm³/mol. The molecule has 1 atom stereocenters. The Hall–Kier alpha value is -2.17. The highest BCUT2D eigenvalue weighted by atomic mass is 32.1. The monoisotopic (exact) mass is 310 g/mol. The van der Waals surface area contributed by atoms with Gasteiger partial charge in [0.05, 0.1) is 17.8 Å². The number of nitrogens with two attached hydrogens (primary N) is 1. The minimum absolute atomic E-state index is 0.0298. The van der Waals surface area contributed by atoms with Crippen LogP contribution in [-0.4, -0.2) is 12.1 Å². The lowest BCUT2D eigenvalue weighted by Gasteiger charge is -2.09. The molecule has 0 aliphatic heterocycles. The van der Waals surface area contributed by atoms with Crippen LogP contribution in [0.4, 0.5) is 0 Å². The standard InChI is InChI=1S/C18H18N2OS/c1-21-17-10-6-5-9-14(17)16-12-22-18(20-16)11-15(19)13-7-3-2-4-8-13/h2-10,12,15H,11,19H2,1H3. The van der Waals surface area contributed by atoms with E-state index < -0.39 is 0 Å². The Morgan fingerprint density at radius 3 is 2.59 bits per heavy atom. The van der Waals surface area contributed by atoms with Crippen molar-refractivity contribution in [3.63, 3.8) is 0 Å². The van der Waals surface area contributed by atoms with E-state index in [2.05, 4.69) is 17.5 Å². The van der Waals surface area contributed by atoms with Gasteiger partial charge in [-0.2, -0.15) is 0 Å². The van der Waals surface area contributed by atoms with E-state index in [0.717, 1.165) is 34.0 Å². The summed E-state index contributed by atoms with van der Waals surface area (Å²) < 4.78 is 5.40. The van der Waals surface area contributed by atoms with Crippen LogP contribution >= 0.6 is 11.3 Å². The second-order valence-electron chi connectivity index (χ2n) is 5.05. The molecule has 0 bridgehead atoms. The fourth-order valence-corrected chi connectivity index (χ4v) is 3.24. The van der Waals surface area contributed by atoms with E-state index in [9.17, 15) is 0 Å². The van der Waals surface area contributed by atoms with Crippen LogP contribution in [0, 0.1) is 0 Å². The Kier molecular flexibility index (Phi) is 4.51. The number of methoxy groups -OCH3 is 1. The molecule has 2 aromatic carbocycles. The number of nitrogens with zero attached hydrogens (tertiary/aromatic N) is 1. The SMILES string of the molecule is COc1ccccc1-c1csc(CC(N)c2ccccc2)n1. The van der Waals surface area contributed by atoms with Gasteiger partial charge in [0, 0.05) is 23.4 Å². The average molecular weight is 310 g/mol. The molecule has 1 heterocycles. The number of para-hydroxylation sites is 1. The Labute approximate surface area is 134 Å². The Morgan fingerprint density at radius 1 is 1.09 bits per heavy atom. The van der Waals surface area contributed by atoms with E-state index in [1.54, 1.807) is 18.4 Å². The maximum absolute atomic E-state index is 6.27. The molecule has 3 nitrogen and oxygen atoms in total. The number of ether oxygens (including phenoxy) is 1. The van der Waals surface area contributed by atoms with Crippen LogP contribution in [-0.2, 0) is 6.42 Å². The van der Waals surface area contributed by atoms with Crippen molar-refractivity contribution in [2.24, 2.45) is 5.73 Å². The maximum Gasteiger partial charge on any atom is 0.128 e. The molecule has 2 N–H and O–H groups in total. The summed E-state index contributed by atoms with van der Waals surface area (Å²) in [4.78, 5) is 4.71. The summed E-state index contributed by atoms with van der Waals surface area (Å²) in [5.74, 6) is 0.840. The first-order valence-corrected chi connectivity index (χ1v) is 8.04. The van der Waals surface area contributed by atoms with Gasteiger partial charge in [-0.05, 0) is 17.7 Å². The largest absolute Gasteiger partial charge is 0.496 e. The average Bonchev–Trinajstić information content (AvgIpc) is 3.04. The van der Waals surface area contributed by atoms with Gasteiger partial charge in [0.2, 0.25) is 0 Å². The number of hydrogen-bond donors (Lipinski definition) is 1. The van der Waals surface area contributed by atoms with E-state index >= 15 is 0 Å². The van der Waals surface area contributed by atoms with Crippen molar-refractivity contribution in [2.75, 3.05) is 7.11 Å². The summed E-state index contributed by atoms with van der Waals surface area (Å²) in [5.41, 5.74) is 9.37. The van der Waals surface area contributed by atoms with E-state index in [0.29, 0.717) is 0 Å². The molecule has 4 heteroatoms. The second kappa shape index (κ2) is 6.73. The van der Waals surface area contributed by atoms with Crippen molar-refractivity contribution in [1.82, 2.24) is 4.98 Å². The molecule has 112 valence electrons. The molecule has 0 saturated heterocycles. The molecular weight excluding hydrogens is 292 g/mol. The summed E-state index contributed by atoms with van der Waals surface area (Å²) >= 11 is 1.64. The summed E-state index contributed by atoms with van der Waals surface area (Å²) in [6.45, 7) is 0. The molecule has 0 aliphatic carbocycles. The molecule has 0 saturated carbocycles. The third-order valence-corrected chi connectivity index (χ3v) is 4.43. The Balaban J connectivity index is 1.79. The van der Waals surface area contributed by atoms with Gasteiger partial charge in [-0.3, -0.25) is 0 Å². The number of thiazole rings is 1. The Bertz CT molecular complexity index is 740. The first-order valence-electron chi connectivity index (χ1n) is 7.16. The lowest BCUT2D eigenvalue weighted by atomic mass is 10.1. The van der Waals surface area contributed by atoms with Gasteiger partial charge >= 0.3 is 0 Å². The molecule has 3 aromatic rings. The lowest BCUT2D eigenvalue weighted by Crippen LogP contribution is -2.12. The van der Waals surface area contributed by atoms with Gasteiger partial charge < -0.3 is 10.5 Å². The highest BCUT2D eigenvalue weighted by molar-refractivity contribution is 7.09. The van der Waals surface area contributed by atoms with E-state index in [1.165, 1.54) is 0 Å². The summed E-state index contributed by atoms with van der Waals surface area (Å²) in [6.07, 6.45) is 0.740. The molecule has 0 amide bonds. The summed E-state index contributed by atoms with van der Waals surface area (Å²) in [5, 5.41) is 3.10. The normalized spacial score (nSPS) is 12.1. The third-order valence-electron chi connectivity index (χ3n) is 3.56. The van der Waals surface area contributed by atoms with Crippen molar-refractivity contribution in [3.05, 3.63) is 70.5 Å². The van der Waals surface area contributed by atoms with Crippen LogP contribution in [0.3, 0.4) is 0 Å². The van der Waals surface area contributed by atoms with Crippen molar-refractivity contribution in [2.45, 2.75) is 12.5 Å². The number of hydrogen-bond acceptors (Lipinski definition) is 4. The minimum Gasteiger partial charge on any atom is -0.496 e. The lowest BCUT2D eigenvalue weighted by molar-refractivity contribution is 0.416. The summed E-state index contributed by atoms with van der Waals surface area (Å²) in [7, 11) is 1.68. The topological polar surface area (TPSA) is 48.1 Å². The number of aromatic nitrogens is 1. The highest BCUT2D eigenvalue weighted by Gasteiger charge is 2.12. The fourth-order valence-electron chi connectivity index (χ4n) is 2.39. The van der Waals surface area contributed by atoms with Gasteiger partial charge in [-0.1, -0.05) is 42.5 Å². The zero-order valence-electron chi connectivity index (χ0n) is 12.4. The maximum atomic E-state index is 6.27. The highest BCUT2D eigenvalue weighted by Crippen LogP contribution is 2.31. The fraction of sp³-hybridized carbons (Fsp3) is 0.167. The second-order valence-corrected chi connectivity index (χ2v) is 5.99. The number of rotatable bonds is 5. The molecule has 1 unspecified atom stereocenters. The molecule has 0 fully saturated rings. The molecule has 22 heavy (non-hydrogen) atoms. The minimum atomic E-state index is -0.0298. The van der Waals surface area contributed by atoms with E-state index in [-0.39, 0.29) is 6.04 Å². The van der Waals surface area contributed by atoms with E-state index in [4.69, 9.17) is 15.5 Å². The molecule has 0 spiro atoms. The smallest absolute Gasteiger partial charge is 0.128 e. The van der Waals surface area contributed by atoms with Crippen LogP contribution in [0.5, 0.6) is 5.75 Å². The zero-order chi connectivity index (χ0) is 15.4. The Morgan fingerprint density at radius 2 is 1.82 bits per heavy atom. The third kappa shape index (κ3) is 3.18. The molecule has 0 aliphatic rings. The van der Waals surface area contributed by atoms with Gasteiger partial charge in [-0.15, -0.1) is 11.3 Å². The molecule has 0 radical (unpaired) electrons. The zero-order valence-corrected chi connectivity index (χ0v) is 13.2. The van der Waals surface area contributed by atoms with Crippen LogP contribution in [0.1, 0.15) is 16.6 Å². The van der Waals surface area contributed by atoms with Crippen LogP contribution in [0.2, 0.25) is 0 Å². The first-order chi connectivity index (χ1) is 10.8. The van der Waals surface area contributed by atoms with E-state index in [1.807, 2.05) is 42.5 Å². The van der Waals surface area contributed by atoms with Crippen molar-refractivity contribution in [1.29, 1.82) is 0 Å². The molecule has 1 aromatic heterocycles. The van der Waals surface area contributed by atoms with Crippen molar-refractivity contribution in [3.8, 4) is 17.0 Å². The quantitative estimate of drug-likeness (QED) is 0.773. The predicted octanol–water partition coefficient (Wildman–Crippen LogP) is 4.06. The molecular formula is C18H18N2OS. The van der Waals surface area contributed by atoms with Gasteiger partial charge in [0.1, 0.15) is 5.75 Å². The molecule has 3 rings (SSSR count). The van der Waals surface area contributed by atoms with Gasteiger partial charge in [-0.25, -0.2) is 4.98 Å². The van der Waals surface area contributed by atoms with Crippen molar-refractivity contribution >= 4 is 11.3 Å². The van der Waals surface area contributed by atoms with Crippen LogP contribution in [0.15, 0.2) is 60.0 Å². The van der Waals surface area contributed by atoms with Crippen LogP contribution in [0.25, 0.3) is 11.3 Å². The van der Waals surface area contributed by atoms with Crippen molar-refractivity contribution < 1.29 is 4.74 Å². The number of benzene rings is 2. The van der Waals surface area contributed by atoms with Crippen LogP contribution < -0.4 is 10.5 Å².